The van der Waals surface area contributed by atoms with Crippen molar-refractivity contribution in [1.29, 1.82) is 0 Å². The molecule has 4 heteroatoms. The van der Waals surface area contributed by atoms with E-state index in [0.29, 0.717) is 17.5 Å². The van der Waals surface area contributed by atoms with E-state index in [4.69, 9.17) is 11.6 Å². The van der Waals surface area contributed by atoms with E-state index < -0.39 is 0 Å². The van der Waals surface area contributed by atoms with Gasteiger partial charge >= 0.3 is 0 Å². The van der Waals surface area contributed by atoms with Crippen LogP contribution in [0.1, 0.15) is 42.7 Å². The normalized spacial score (nSPS) is 15.7. The second-order valence-corrected chi connectivity index (χ2v) is 5.74. The predicted octanol–water partition coefficient (Wildman–Crippen LogP) is 3.60. The molecular weight excluding hydrogens is 272 g/mol. The first-order valence-electron chi connectivity index (χ1n) is 7.05. The molecule has 0 N–H and O–H groups in total. The molecule has 2 aromatic rings. The van der Waals surface area contributed by atoms with Gasteiger partial charge in [-0.05, 0) is 24.3 Å². The Morgan fingerprint density at radius 2 is 1.90 bits per heavy atom. The second-order valence-electron chi connectivity index (χ2n) is 5.34. The lowest BCUT2D eigenvalue weighted by atomic mass is 10.00. The van der Waals surface area contributed by atoms with Gasteiger partial charge in [-0.3, -0.25) is 4.79 Å². The number of hydrogen-bond acceptors (Lipinski definition) is 2. The van der Waals surface area contributed by atoms with Gasteiger partial charge in [0.05, 0.1) is 17.8 Å². The molecule has 1 aliphatic carbocycles. The van der Waals surface area contributed by atoms with Gasteiger partial charge in [-0.25, -0.2) is 4.68 Å². The summed E-state index contributed by atoms with van der Waals surface area (Å²) < 4.78 is 1.52. The molecule has 1 heterocycles. The van der Waals surface area contributed by atoms with Gasteiger partial charge in [0.25, 0.3) is 5.56 Å². The molecule has 0 radical (unpaired) electrons. The lowest BCUT2D eigenvalue weighted by Gasteiger charge is -2.13. The summed E-state index contributed by atoms with van der Waals surface area (Å²) in [6, 6.07) is 9.89. The maximum absolute atomic E-state index is 12.6. The van der Waals surface area contributed by atoms with Gasteiger partial charge in [0.15, 0.2) is 0 Å². The van der Waals surface area contributed by atoms with Crippen molar-refractivity contribution in [3.63, 3.8) is 0 Å². The largest absolute Gasteiger partial charge is 0.272 e. The number of rotatable bonds is 3. The Morgan fingerprint density at radius 1 is 1.20 bits per heavy atom. The molecule has 0 aliphatic heterocycles. The molecule has 1 aromatic heterocycles. The zero-order valence-corrected chi connectivity index (χ0v) is 12.0. The number of halogens is 1. The zero-order valence-electron chi connectivity index (χ0n) is 11.3. The van der Waals surface area contributed by atoms with Crippen LogP contribution >= 0.6 is 11.6 Å². The Labute approximate surface area is 123 Å². The van der Waals surface area contributed by atoms with E-state index in [1.54, 1.807) is 6.20 Å². The molecule has 0 atom stereocenters. The van der Waals surface area contributed by atoms with Crippen LogP contribution in [0.15, 0.2) is 41.3 Å². The van der Waals surface area contributed by atoms with E-state index in [2.05, 4.69) is 5.10 Å². The van der Waals surface area contributed by atoms with Crippen LogP contribution in [0.25, 0.3) is 0 Å². The minimum atomic E-state index is -0.0340. The maximum Gasteiger partial charge on any atom is 0.272 e. The summed E-state index contributed by atoms with van der Waals surface area (Å²) in [5.74, 6) is 0.306. The quantitative estimate of drug-likeness (QED) is 0.865. The van der Waals surface area contributed by atoms with E-state index in [-0.39, 0.29) is 5.56 Å². The summed E-state index contributed by atoms with van der Waals surface area (Å²) in [5, 5.41) is 4.70. The van der Waals surface area contributed by atoms with Gasteiger partial charge in [0, 0.05) is 5.56 Å². The van der Waals surface area contributed by atoms with Crippen molar-refractivity contribution in [1.82, 2.24) is 9.78 Å². The molecule has 1 aromatic carbocycles. The molecule has 0 unspecified atom stereocenters. The Bertz CT molecular complexity index is 645. The molecule has 0 spiro atoms. The number of benzene rings is 1. The van der Waals surface area contributed by atoms with Crippen LogP contribution < -0.4 is 5.56 Å². The third kappa shape index (κ3) is 2.63. The monoisotopic (exact) mass is 288 g/mol. The van der Waals surface area contributed by atoms with Crippen molar-refractivity contribution >= 4 is 11.6 Å². The van der Waals surface area contributed by atoms with Crippen molar-refractivity contribution in [2.24, 2.45) is 0 Å². The van der Waals surface area contributed by atoms with Crippen molar-refractivity contribution in [3.8, 4) is 0 Å². The van der Waals surface area contributed by atoms with Gasteiger partial charge in [-0.1, -0.05) is 54.8 Å². The van der Waals surface area contributed by atoms with Crippen LogP contribution in [-0.2, 0) is 6.54 Å². The summed E-state index contributed by atoms with van der Waals surface area (Å²) in [5.41, 5.74) is 1.80. The molecule has 0 bridgehead atoms. The lowest BCUT2D eigenvalue weighted by Crippen LogP contribution is -2.28. The highest BCUT2D eigenvalue weighted by Gasteiger charge is 2.23. The highest BCUT2D eigenvalue weighted by atomic mass is 35.5. The molecule has 20 heavy (non-hydrogen) atoms. The van der Waals surface area contributed by atoms with E-state index >= 15 is 0 Å². The van der Waals surface area contributed by atoms with Gasteiger partial charge in [-0.2, -0.15) is 5.10 Å². The SMILES string of the molecule is O=c1c(C2CCCC2)c(Cl)cnn1Cc1ccccc1. The molecule has 1 aliphatic rings. The molecule has 3 nitrogen and oxygen atoms in total. The average Bonchev–Trinajstić information content (AvgIpc) is 2.97. The Morgan fingerprint density at radius 3 is 2.60 bits per heavy atom. The molecule has 3 rings (SSSR count). The zero-order chi connectivity index (χ0) is 13.9. The molecule has 0 saturated heterocycles. The van der Waals surface area contributed by atoms with Crippen LogP contribution in [-0.4, -0.2) is 9.78 Å². The molecule has 1 fully saturated rings. The maximum atomic E-state index is 12.6. The van der Waals surface area contributed by atoms with E-state index in [0.717, 1.165) is 24.0 Å². The van der Waals surface area contributed by atoms with Crippen molar-refractivity contribution < 1.29 is 0 Å². The van der Waals surface area contributed by atoms with Crippen molar-refractivity contribution in [2.45, 2.75) is 38.1 Å². The summed E-state index contributed by atoms with van der Waals surface area (Å²) >= 11 is 6.21. The van der Waals surface area contributed by atoms with E-state index in [1.165, 1.54) is 17.5 Å². The summed E-state index contributed by atoms with van der Waals surface area (Å²) in [6.07, 6.45) is 6.09. The lowest BCUT2D eigenvalue weighted by molar-refractivity contribution is 0.606. The first kappa shape index (κ1) is 13.4. The molecule has 0 amide bonds. The standard InChI is InChI=1S/C16H17ClN2O/c17-14-10-18-19(11-12-6-2-1-3-7-12)16(20)15(14)13-8-4-5-9-13/h1-3,6-7,10,13H,4-5,8-9,11H2. The fraction of sp³-hybridized carbons (Fsp3) is 0.375. The van der Waals surface area contributed by atoms with E-state index in [9.17, 15) is 4.79 Å². The second kappa shape index (κ2) is 5.80. The van der Waals surface area contributed by atoms with Crippen LogP contribution in [0.3, 0.4) is 0 Å². The minimum Gasteiger partial charge on any atom is -0.267 e. The van der Waals surface area contributed by atoms with Crippen molar-refractivity contribution in [2.75, 3.05) is 0 Å². The third-order valence-corrected chi connectivity index (χ3v) is 4.27. The van der Waals surface area contributed by atoms with Crippen LogP contribution in [0.2, 0.25) is 5.02 Å². The fourth-order valence-corrected chi connectivity index (χ4v) is 3.22. The number of hydrogen-bond donors (Lipinski definition) is 0. The summed E-state index contributed by atoms with van der Waals surface area (Å²) in [7, 11) is 0. The van der Waals surface area contributed by atoms with Gasteiger partial charge in [-0.15, -0.1) is 0 Å². The molecule has 104 valence electrons. The predicted molar refractivity (Wildman–Crippen MR) is 80.3 cm³/mol. The smallest absolute Gasteiger partial charge is 0.267 e. The first-order valence-corrected chi connectivity index (χ1v) is 7.43. The fourth-order valence-electron chi connectivity index (χ4n) is 2.94. The Hall–Kier alpha value is -1.61. The topological polar surface area (TPSA) is 34.9 Å². The van der Waals surface area contributed by atoms with Gasteiger partial charge in [0.2, 0.25) is 0 Å². The minimum absolute atomic E-state index is 0.0340. The summed E-state index contributed by atoms with van der Waals surface area (Å²) in [4.78, 5) is 12.6. The first-order chi connectivity index (χ1) is 9.75. The number of nitrogens with zero attached hydrogens (tertiary/aromatic N) is 2. The number of aromatic nitrogens is 2. The van der Waals surface area contributed by atoms with Crippen LogP contribution in [0.4, 0.5) is 0 Å². The van der Waals surface area contributed by atoms with Gasteiger partial charge < -0.3 is 0 Å². The van der Waals surface area contributed by atoms with Crippen LogP contribution in [0, 0.1) is 0 Å². The van der Waals surface area contributed by atoms with Gasteiger partial charge in [0.1, 0.15) is 0 Å². The Kier molecular flexibility index (Phi) is 3.88. The molecular formula is C16H17ClN2O. The highest BCUT2D eigenvalue weighted by molar-refractivity contribution is 6.31. The average molecular weight is 289 g/mol. The van der Waals surface area contributed by atoms with E-state index in [1.807, 2.05) is 30.3 Å². The van der Waals surface area contributed by atoms with Crippen LogP contribution in [0.5, 0.6) is 0 Å². The highest BCUT2D eigenvalue weighted by Crippen LogP contribution is 2.35. The van der Waals surface area contributed by atoms with Crippen molar-refractivity contribution in [3.05, 3.63) is 63.0 Å². The molecule has 1 saturated carbocycles. The summed E-state index contributed by atoms with van der Waals surface area (Å²) in [6.45, 7) is 0.497. The Balaban J connectivity index is 1.96. The third-order valence-electron chi connectivity index (χ3n) is 3.97.